The van der Waals surface area contributed by atoms with E-state index in [0.717, 1.165) is 11.5 Å². The standard InChI is InChI=1S/C8H5N3O2S/c12-8(13)7-5(3-14-11-7)6-1-2-9-4-10-6/h1-4H,(H,12,13). The van der Waals surface area contributed by atoms with E-state index in [9.17, 15) is 4.79 Å². The zero-order valence-electron chi connectivity index (χ0n) is 6.91. The first-order valence-electron chi connectivity index (χ1n) is 3.73. The van der Waals surface area contributed by atoms with Gasteiger partial charge in [0.05, 0.1) is 5.69 Å². The Bertz CT molecular complexity index is 455. The van der Waals surface area contributed by atoms with Gasteiger partial charge in [-0.25, -0.2) is 14.8 Å². The summed E-state index contributed by atoms with van der Waals surface area (Å²) in [6, 6.07) is 1.65. The zero-order chi connectivity index (χ0) is 9.97. The van der Waals surface area contributed by atoms with Crippen molar-refractivity contribution in [3.63, 3.8) is 0 Å². The van der Waals surface area contributed by atoms with Crippen LogP contribution >= 0.6 is 11.5 Å². The lowest BCUT2D eigenvalue weighted by atomic mass is 10.2. The zero-order valence-corrected chi connectivity index (χ0v) is 7.73. The van der Waals surface area contributed by atoms with Crippen molar-refractivity contribution in [2.75, 3.05) is 0 Å². The molecule has 0 fully saturated rings. The average molecular weight is 207 g/mol. The second-order valence-electron chi connectivity index (χ2n) is 2.48. The first kappa shape index (κ1) is 8.76. The molecule has 0 aromatic carbocycles. The average Bonchev–Trinajstić information content (AvgIpc) is 2.67. The van der Waals surface area contributed by atoms with Crippen molar-refractivity contribution in [3.05, 3.63) is 29.7 Å². The van der Waals surface area contributed by atoms with Crippen LogP contribution in [0.1, 0.15) is 10.5 Å². The molecule has 0 saturated carbocycles. The number of nitrogens with zero attached hydrogens (tertiary/aromatic N) is 3. The van der Waals surface area contributed by atoms with Crippen molar-refractivity contribution in [2.45, 2.75) is 0 Å². The predicted molar refractivity (Wildman–Crippen MR) is 50.1 cm³/mol. The minimum absolute atomic E-state index is 0.0358. The maximum atomic E-state index is 10.8. The lowest BCUT2D eigenvalue weighted by molar-refractivity contribution is 0.0692. The summed E-state index contributed by atoms with van der Waals surface area (Å²) in [5.41, 5.74) is 1.14. The first-order valence-corrected chi connectivity index (χ1v) is 4.57. The highest BCUT2D eigenvalue weighted by Crippen LogP contribution is 2.22. The Labute approximate surface area is 83.2 Å². The Morgan fingerprint density at radius 3 is 3.00 bits per heavy atom. The third-order valence-corrected chi connectivity index (χ3v) is 2.26. The molecule has 5 nitrogen and oxygen atoms in total. The van der Waals surface area contributed by atoms with E-state index in [1.807, 2.05) is 0 Å². The smallest absolute Gasteiger partial charge is 0.356 e. The van der Waals surface area contributed by atoms with Crippen molar-refractivity contribution < 1.29 is 9.90 Å². The fourth-order valence-electron chi connectivity index (χ4n) is 1.02. The number of aromatic carboxylic acids is 1. The maximum Gasteiger partial charge on any atom is 0.356 e. The number of carboxylic acid groups (broad SMARTS) is 1. The van der Waals surface area contributed by atoms with Crippen LogP contribution in [0.4, 0.5) is 0 Å². The van der Waals surface area contributed by atoms with Gasteiger partial charge in [0.2, 0.25) is 0 Å². The van der Waals surface area contributed by atoms with E-state index in [4.69, 9.17) is 5.11 Å². The fourth-order valence-corrected chi connectivity index (χ4v) is 1.70. The third kappa shape index (κ3) is 1.47. The molecule has 0 amide bonds. The molecule has 0 aliphatic rings. The van der Waals surface area contributed by atoms with Crippen molar-refractivity contribution in [1.29, 1.82) is 0 Å². The SMILES string of the molecule is O=C(O)c1nscc1-c1ccncn1. The number of rotatable bonds is 2. The van der Waals surface area contributed by atoms with E-state index in [1.165, 1.54) is 6.33 Å². The molecule has 0 radical (unpaired) electrons. The van der Waals surface area contributed by atoms with Gasteiger partial charge in [-0.3, -0.25) is 0 Å². The topological polar surface area (TPSA) is 76.0 Å². The Hall–Kier alpha value is -1.82. The van der Waals surface area contributed by atoms with Crippen molar-refractivity contribution in [3.8, 4) is 11.3 Å². The predicted octanol–water partition coefficient (Wildman–Crippen LogP) is 1.30. The molecular formula is C8H5N3O2S. The molecular weight excluding hydrogens is 202 g/mol. The van der Waals surface area contributed by atoms with Crippen LogP contribution in [0.15, 0.2) is 24.0 Å². The van der Waals surface area contributed by atoms with E-state index >= 15 is 0 Å². The molecule has 2 aromatic rings. The summed E-state index contributed by atoms with van der Waals surface area (Å²) in [7, 11) is 0. The molecule has 70 valence electrons. The molecule has 2 aromatic heterocycles. The highest BCUT2D eigenvalue weighted by Gasteiger charge is 2.15. The van der Waals surface area contributed by atoms with Crippen molar-refractivity contribution in [1.82, 2.24) is 14.3 Å². The van der Waals surface area contributed by atoms with E-state index in [-0.39, 0.29) is 5.69 Å². The molecule has 2 heterocycles. The van der Waals surface area contributed by atoms with Crippen LogP contribution in [0.3, 0.4) is 0 Å². The van der Waals surface area contributed by atoms with Gasteiger partial charge in [0.25, 0.3) is 0 Å². The Morgan fingerprint density at radius 2 is 2.36 bits per heavy atom. The first-order chi connectivity index (χ1) is 6.79. The van der Waals surface area contributed by atoms with E-state index < -0.39 is 5.97 Å². The van der Waals surface area contributed by atoms with Crippen LogP contribution in [0.2, 0.25) is 0 Å². The van der Waals surface area contributed by atoms with Crippen molar-refractivity contribution in [2.24, 2.45) is 0 Å². The summed E-state index contributed by atoms with van der Waals surface area (Å²) in [4.78, 5) is 18.5. The van der Waals surface area contributed by atoms with E-state index in [0.29, 0.717) is 11.3 Å². The van der Waals surface area contributed by atoms with Gasteiger partial charge in [0.1, 0.15) is 6.33 Å². The van der Waals surface area contributed by atoms with Gasteiger partial charge in [-0.1, -0.05) is 0 Å². The number of hydrogen-bond donors (Lipinski definition) is 1. The molecule has 0 aliphatic carbocycles. The van der Waals surface area contributed by atoms with Gasteiger partial charge in [0, 0.05) is 17.1 Å². The summed E-state index contributed by atoms with van der Waals surface area (Å²) in [6.07, 6.45) is 2.93. The number of aromatic nitrogens is 3. The minimum Gasteiger partial charge on any atom is -0.476 e. The minimum atomic E-state index is -1.04. The molecule has 0 atom stereocenters. The Balaban J connectivity index is 2.52. The quantitative estimate of drug-likeness (QED) is 0.803. The van der Waals surface area contributed by atoms with Crippen LogP contribution in [0.25, 0.3) is 11.3 Å². The maximum absolute atomic E-state index is 10.8. The molecule has 0 spiro atoms. The molecule has 0 saturated heterocycles. The lowest BCUT2D eigenvalue weighted by Gasteiger charge is -1.95. The highest BCUT2D eigenvalue weighted by atomic mass is 32.1. The highest BCUT2D eigenvalue weighted by molar-refractivity contribution is 7.04. The van der Waals surface area contributed by atoms with Gasteiger partial charge in [-0.2, -0.15) is 4.37 Å². The molecule has 0 unspecified atom stereocenters. The third-order valence-electron chi connectivity index (χ3n) is 1.63. The van der Waals surface area contributed by atoms with Gasteiger partial charge >= 0.3 is 5.97 Å². The van der Waals surface area contributed by atoms with Gasteiger partial charge in [-0.15, -0.1) is 0 Å². The summed E-state index contributed by atoms with van der Waals surface area (Å²) >= 11 is 1.10. The monoisotopic (exact) mass is 207 g/mol. The molecule has 0 bridgehead atoms. The number of carboxylic acids is 1. The van der Waals surface area contributed by atoms with Gasteiger partial charge in [-0.05, 0) is 17.6 Å². The largest absolute Gasteiger partial charge is 0.476 e. The molecule has 1 N–H and O–H groups in total. The van der Waals surface area contributed by atoms with E-state index in [1.54, 1.807) is 17.6 Å². The summed E-state index contributed by atoms with van der Waals surface area (Å²) < 4.78 is 3.77. The second kappa shape index (κ2) is 3.51. The summed E-state index contributed by atoms with van der Waals surface area (Å²) in [5, 5.41) is 10.5. The molecule has 2 rings (SSSR count). The fraction of sp³-hybridized carbons (Fsp3) is 0. The van der Waals surface area contributed by atoms with Crippen molar-refractivity contribution >= 4 is 17.5 Å². The van der Waals surface area contributed by atoms with E-state index in [2.05, 4.69) is 14.3 Å². The molecule has 6 heteroatoms. The molecule has 14 heavy (non-hydrogen) atoms. The Morgan fingerprint density at radius 1 is 1.50 bits per heavy atom. The summed E-state index contributed by atoms with van der Waals surface area (Å²) in [6.45, 7) is 0. The van der Waals surface area contributed by atoms with Crippen LogP contribution in [-0.2, 0) is 0 Å². The van der Waals surface area contributed by atoms with Crippen LogP contribution in [0.5, 0.6) is 0 Å². The number of carbonyl (C=O) groups is 1. The van der Waals surface area contributed by atoms with Gasteiger partial charge in [0.15, 0.2) is 5.69 Å². The van der Waals surface area contributed by atoms with Crippen LogP contribution in [-0.4, -0.2) is 25.4 Å². The van der Waals surface area contributed by atoms with Gasteiger partial charge < -0.3 is 5.11 Å². The second-order valence-corrected chi connectivity index (χ2v) is 3.11. The Kier molecular flexibility index (Phi) is 2.19. The normalized spacial score (nSPS) is 10.0. The van der Waals surface area contributed by atoms with Crippen LogP contribution in [0, 0.1) is 0 Å². The lowest BCUT2D eigenvalue weighted by Crippen LogP contribution is -1.99. The summed E-state index contributed by atoms with van der Waals surface area (Å²) in [5.74, 6) is -1.04. The molecule has 0 aliphatic heterocycles. The van der Waals surface area contributed by atoms with Crippen LogP contribution < -0.4 is 0 Å². The number of hydrogen-bond acceptors (Lipinski definition) is 5.